The molecule has 1 saturated carbocycles. The lowest BCUT2D eigenvalue weighted by Gasteiger charge is -2.41. The van der Waals surface area contributed by atoms with Crippen LogP contribution in [0.1, 0.15) is 51.5 Å². The van der Waals surface area contributed by atoms with Gasteiger partial charge in [-0.1, -0.05) is 26.2 Å². The number of hydrogen-bond acceptors (Lipinski definition) is 5. The number of nitrogens with one attached hydrogen (secondary N) is 1. The molecule has 1 N–H and O–H groups in total. The molecule has 151 valence electrons. The minimum atomic E-state index is -4.10. The van der Waals surface area contributed by atoms with E-state index in [0.717, 1.165) is 23.6 Å². The van der Waals surface area contributed by atoms with Crippen molar-refractivity contribution in [2.45, 2.75) is 51.5 Å². The van der Waals surface area contributed by atoms with E-state index in [4.69, 9.17) is 0 Å². The molecule has 1 heterocycles. The molecule has 1 spiro atoms. The number of nitro groups is 1. The summed E-state index contributed by atoms with van der Waals surface area (Å²) in [4.78, 5) is 23.3. The van der Waals surface area contributed by atoms with Crippen molar-refractivity contribution >= 4 is 26.6 Å². The Balaban J connectivity index is 2.22. The Morgan fingerprint density at radius 2 is 1.86 bits per heavy atom. The van der Waals surface area contributed by atoms with Crippen molar-refractivity contribution < 1.29 is 18.1 Å². The second-order valence-electron chi connectivity index (χ2n) is 7.03. The number of nitrogens with zero attached hydrogens (tertiary/aromatic N) is 2. The van der Waals surface area contributed by atoms with Gasteiger partial charge in [-0.05, 0) is 49.5 Å². The summed E-state index contributed by atoms with van der Waals surface area (Å²) in [7, 11) is -4.10. The molecule has 0 unspecified atom stereocenters. The second-order valence-corrected chi connectivity index (χ2v) is 8.76. The van der Waals surface area contributed by atoms with Crippen molar-refractivity contribution in [3.63, 3.8) is 0 Å². The largest absolute Gasteiger partial charge is 0.337 e. The number of rotatable bonds is 4. The minimum absolute atomic E-state index is 0.0676. The van der Waals surface area contributed by atoms with Crippen LogP contribution in [0.25, 0.3) is 4.91 Å². The van der Waals surface area contributed by atoms with Gasteiger partial charge in [0.25, 0.3) is 15.7 Å². The van der Waals surface area contributed by atoms with E-state index in [1.807, 2.05) is 0 Å². The molecule has 2 amide bonds. The minimum Gasteiger partial charge on any atom is -0.337 e. The number of carbonyl (C=O) groups is 1. The van der Waals surface area contributed by atoms with Crippen molar-refractivity contribution in [1.82, 2.24) is 9.62 Å². The van der Waals surface area contributed by atoms with E-state index in [-0.39, 0.29) is 10.6 Å². The molecule has 1 radical (unpaired) electrons. The number of nitro benzene ring substituents is 1. The quantitative estimate of drug-likeness (QED) is 0.607. The molecule has 1 aromatic rings. The average Bonchev–Trinajstić information content (AvgIpc) is 2.85. The topological polar surface area (TPSA) is 110 Å². The second kappa shape index (κ2) is 7.54. The Morgan fingerprint density at radius 3 is 2.36 bits per heavy atom. The van der Waals surface area contributed by atoms with Gasteiger partial charge in [0.05, 0.1) is 15.4 Å². The van der Waals surface area contributed by atoms with Crippen molar-refractivity contribution in [3.8, 4) is 0 Å². The van der Waals surface area contributed by atoms with Gasteiger partial charge in [0.15, 0.2) is 0 Å². The van der Waals surface area contributed by atoms with Crippen LogP contribution >= 0.6 is 0 Å². The van der Waals surface area contributed by atoms with E-state index in [2.05, 4.69) is 5.32 Å². The third-order valence-corrected chi connectivity index (χ3v) is 7.42. The Kier molecular flexibility index (Phi) is 5.47. The maximum Gasteiger partial charge on any atom is 0.332 e. The van der Waals surface area contributed by atoms with Gasteiger partial charge >= 0.3 is 6.03 Å². The number of urea groups is 1. The van der Waals surface area contributed by atoms with Gasteiger partial charge in [-0.2, -0.15) is 0 Å². The van der Waals surface area contributed by atoms with Crippen LogP contribution in [0, 0.1) is 16.5 Å². The van der Waals surface area contributed by atoms with E-state index in [1.165, 1.54) is 24.3 Å². The highest BCUT2D eigenvalue weighted by Crippen LogP contribution is 2.52. The first-order valence-corrected chi connectivity index (χ1v) is 10.9. The fourth-order valence-corrected chi connectivity index (χ4v) is 6.58. The first-order chi connectivity index (χ1) is 13.3. The molecule has 2 aliphatic rings. The monoisotopic (exact) mass is 406 g/mol. The molecule has 1 fully saturated rings. The highest BCUT2D eigenvalue weighted by Gasteiger charge is 2.57. The predicted octanol–water partition coefficient (Wildman–Crippen LogP) is 3.61. The van der Waals surface area contributed by atoms with Crippen LogP contribution in [-0.2, 0) is 10.0 Å². The van der Waals surface area contributed by atoms with Crippen molar-refractivity contribution in [1.29, 1.82) is 0 Å². The van der Waals surface area contributed by atoms with Gasteiger partial charge in [-0.25, -0.2) is 17.5 Å². The third kappa shape index (κ3) is 3.07. The number of hydrogen-bond donors (Lipinski definition) is 1. The molecule has 1 aliphatic carbocycles. The molecule has 1 aliphatic heterocycles. The smallest absolute Gasteiger partial charge is 0.332 e. The van der Waals surface area contributed by atoms with Gasteiger partial charge in [-0.3, -0.25) is 10.1 Å². The molecule has 8 nitrogen and oxygen atoms in total. The third-order valence-electron chi connectivity index (χ3n) is 5.46. The zero-order valence-electron chi connectivity index (χ0n) is 16.0. The summed E-state index contributed by atoms with van der Waals surface area (Å²) in [6.45, 7) is 3.83. The van der Waals surface area contributed by atoms with Crippen LogP contribution in [0.2, 0.25) is 0 Å². The zero-order chi connectivity index (χ0) is 20.5. The Labute approximate surface area is 164 Å². The van der Waals surface area contributed by atoms with Gasteiger partial charge in [0.2, 0.25) is 0 Å². The SMILES string of the molecule is C[CH]C1=C(c2ccc([N+](=O)[O-])cc2)S(=O)(=O)N(C(=O)NCC)C12CCCCC2. The van der Waals surface area contributed by atoms with E-state index >= 15 is 0 Å². The molecule has 3 rings (SSSR count). The van der Waals surface area contributed by atoms with Gasteiger partial charge in [0.1, 0.15) is 0 Å². The van der Waals surface area contributed by atoms with Gasteiger partial charge in [-0.15, -0.1) is 0 Å². The van der Waals surface area contributed by atoms with Crippen LogP contribution in [0.15, 0.2) is 29.8 Å². The highest BCUT2D eigenvalue weighted by molar-refractivity contribution is 7.99. The van der Waals surface area contributed by atoms with Crippen LogP contribution in [0.3, 0.4) is 0 Å². The summed E-state index contributed by atoms with van der Waals surface area (Å²) in [6, 6.07) is 4.82. The van der Waals surface area contributed by atoms with Crippen LogP contribution in [0.4, 0.5) is 10.5 Å². The van der Waals surface area contributed by atoms with E-state index in [0.29, 0.717) is 30.5 Å². The van der Waals surface area contributed by atoms with E-state index < -0.39 is 26.5 Å². The molecular weight excluding hydrogens is 382 g/mol. The number of non-ortho nitro benzene ring substituents is 1. The molecule has 0 bridgehead atoms. The molecule has 28 heavy (non-hydrogen) atoms. The molecule has 0 aromatic heterocycles. The summed E-state index contributed by atoms with van der Waals surface area (Å²) < 4.78 is 28.1. The lowest BCUT2D eigenvalue weighted by Crippen LogP contribution is -2.55. The lowest BCUT2D eigenvalue weighted by molar-refractivity contribution is -0.384. The molecular formula is C19H24N3O5S. The van der Waals surface area contributed by atoms with Gasteiger partial charge < -0.3 is 5.32 Å². The van der Waals surface area contributed by atoms with Crippen molar-refractivity contribution in [2.75, 3.05) is 6.54 Å². The molecule has 0 saturated heterocycles. The van der Waals surface area contributed by atoms with Crippen molar-refractivity contribution in [2.24, 2.45) is 0 Å². The maximum atomic E-state index is 13.5. The number of benzene rings is 1. The number of carbonyl (C=O) groups excluding carboxylic acids is 1. The normalized spacial score (nSPS) is 20.4. The Bertz CT molecular complexity index is 915. The summed E-state index contributed by atoms with van der Waals surface area (Å²) >= 11 is 0. The lowest BCUT2D eigenvalue weighted by atomic mass is 9.74. The fraction of sp³-hybridized carbons (Fsp3) is 0.474. The van der Waals surface area contributed by atoms with Crippen LogP contribution in [-0.4, -0.2) is 35.8 Å². The molecule has 0 atom stereocenters. The molecule has 9 heteroatoms. The fourth-order valence-electron chi connectivity index (χ4n) is 4.36. The zero-order valence-corrected chi connectivity index (χ0v) is 16.8. The van der Waals surface area contributed by atoms with Crippen LogP contribution < -0.4 is 5.32 Å². The van der Waals surface area contributed by atoms with E-state index in [9.17, 15) is 23.3 Å². The number of sulfonamides is 1. The first-order valence-electron chi connectivity index (χ1n) is 9.42. The van der Waals surface area contributed by atoms with Gasteiger partial charge in [0, 0.05) is 18.7 Å². The Morgan fingerprint density at radius 1 is 1.25 bits per heavy atom. The Hall–Kier alpha value is -2.42. The summed E-state index contributed by atoms with van der Waals surface area (Å²) in [6.07, 6.45) is 5.55. The van der Waals surface area contributed by atoms with Crippen LogP contribution in [0.5, 0.6) is 0 Å². The summed E-state index contributed by atoms with van der Waals surface area (Å²) in [5.74, 6) is 0. The maximum absolute atomic E-state index is 13.5. The van der Waals surface area contributed by atoms with E-state index in [1.54, 1.807) is 20.3 Å². The summed E-state index contributed by atoms with van der Waals surface area (Å²) in [5, 5.41) is 13.6. The predicted molar refractivity (Wildman–Crippen MR) is 106 cm³/mol. The highest BCUT2D eigenvalue weighted by atomic mass is 32.2. The summed E-state index contributed by atoms with van der Waals surface area (Å²) in [5.41, 5.74) is -0.0557. The molecule has 1 aromatic carbocycles. The standard InChI is InChI=1S/C19H24N3O5S/c1-3-16-17(14-8-10-15(11-9-14)22(24)25)28(26,27)21(18(23)20-4-2)19(16)12-6-5-7-13-19/h3,8-11H,4-7,12-13H2,1-2H3,(H,20,23). The average molecular weight is 406 g/mol. The first kappa shape index (κ1) is 20.3. The van der Waals surface area contributed by atoms with Crippen molar-refractivity contribution in [3.05, 3.63) is 51.9 Å². The number of amides is 2.